The van der Waals surface area contributed by atoms with E-state index in [1.807, 2.05) is 0 Å². The van der Waals surface area contributed by atoms with Crippen LogP contribution in [-0.2, 0) is 14.3 Å². The Hall–Kier alpha value is -3.11. The molecule has 10 heteroatoms. The number of benzene rings is 1. The number of thiophene rings is 1. The van der Waals surface area contributed by atoms with Gasteiger partial charge in [-0.25, -0.2) is 4.79 Å². The molecule has 0 spiro atoms. The maximum absolute atomic E-state index is 12.4. The molecule has 3 rings (SSSR count). The lowest BCUT2D eigenvalue weighted by atomic mass is 10.2. The van der Waals surface area contributed by atoms with Crippen molar-refractivity contribution < 1.29 is 33.4 Å². The maximum atomic E-state index is 12.4. The van der Waals surface area contributed by atoms with E-state index in [0.717, 1.165) is 16.7 Å². The highest BCUT2D eigenvalue weighted by molar-refractivity contribution is 8.18. The first-order chi connectivity index (χ1) is 14.4. The number of rotatable bonds is 7. The highest BCUT2D eigenvalue weighted by Crippen LogP contribution is 2.35. The zero-order valence-electron chi connectivity index (χ0n) is 16.1. The van der Waals surface area contributed by atoms with Gasteiger partial charge in [-0.1, -0.05) is 12.1 Å². The third kappa shape index (κ3) is 4.89. The Kier molecular flexibility index (Phi) is 6.91. The zero-order valence-corrected chi connectivity index (χ0v) is 17.7. The Morgan fingerprint density at radius 2 is 1.97 bits per heavy atom. The molecule has 1 aliphatic rings. The number of hydrogen-bond acceptors (Lipinski definition) is 9. The highest BCUT2D eigenvalue weighted by Gasteiger charge is 2.36. The molecular formula is C20H17NO7S2. The largest absolute Gasteiger partial charge is 0.490 e. The average molecular weight is 447 g/mol. The second kappa shape index (κ2) is 9.59. The Morgan fingerprint density at radius 3 is 2.63 bits per heavy atom. The minimum atomic E-state index is -0.686. The van der Waals surface area contributed by atoms with Crippen LogP contribution in [0.1, 0.15) is 22.2 Å². The molecule has 1 aliphatic heterocycles. The number of methoxy groups -OCH3 is 1. The van der Waals surface area contributed by atoms with Gasteiger partial charge in [0.05, 0.1) is 18.6 Å². The van der Waals surface area contributed by atoms with Crippen molar-refractivity contribution in [1.29, 1.82) is 0 Å². The van der Waals surface area contributed by atoms with Gasteiger partial charge in [0.2, 0.25) is 0 Å². The molecule has 1 saturated heterocycles. The first-order valence-corrected chi connectivity index (χ1v) is 10.5. The van der Waals surface area contributed by atoms with E-state index in [2.05, 4.69) is 4.74 Å². The molecule has 0 bridgehead atoms. The van der Waals surface area contributed by atoms with Gasteiger partial charge in [0.25, 0.3) is 11.1 Å². The van der Waals surface area contributed by atoms with Crippen LogP contribution in [-0.4, -0.2) is 48.2 Å². The molecular weight excluding hydrogens is 430 g/mol. The van der Waals surface area contributed by atoms with Crippen LogP contribution >= 0.6 is 23.1 Å². The van der Waals surface area contributed by atoms with E-state index in [4.69, 9.17) is 9.47 Å². The Labute approximate surface area is 180 Å². The highest BCUT2D eigenvalue weighted by atomic mass is 32.2. The van der Waals surface area contributed by atoms with Gasteiger partial charge in [-0.15, -0.1) is 11.3 Å². The van der Waals surface area contributed by atoms with E-state index in [1.165, 1.54) is 24.5 Å². The number of amides is 2. The fourth-order valence-corrected chi connectivity index (χ4v) is 3.93. The molecule has 0 saturated carbocycles. The zero-order chi connectivity index (χ0) is 21.7. The lowest BCUT2D eigenvalue weighted by Gasteiger charge is -2.11. The van der Waals surface area contributed by atoms with Crippen molar-refractivity contribution in [1.82, 2.24) is 4.90 Å². The predicted molar refractivity (Wildman–Crippen MR) is 112 cm³/mol. The quantitative estimate of drug-likeness (QED) is 0.361. The maximum Gasteiger partial charge on any atom is 0.353 e. The number of carbonyl (C=O) groups is 4. The number of thioether (sulfide) groups is 1. The second-order valence-electron chi connectivity index (χ2n) is 5.85. The molecule has 0 radical (unpaired) electrons. The average Bonchev–Trinajstić information content (AvgIpc) is 3.35. The van der Waals surface area contributed by atoms with E-state index in [1.54, 1.807) is 42.6 Å². The third-order valence-electron chi connectivity index (χ3n) is 3.88. The van der Waals surface area contributed by atoms with Crippen molar-refractivity contribution in [3.05, 3.63) is 51.1 Å². The fraction of sp³-hybridized carbons (Fsp3) is 0.200. The number of ether oxygens (including phenoxy) is 3. The van der Waals surface area contributed by atoms with Crippen LogP contribution in [0.3, 0.4) is 0 Å². The van der Waals surface area contributed by atoms with Crippen molar-refractivity contribution >= 4 is 52.3 Å². The number of imide groups is 1. The van der Waals surface area contributed by atoms with Crippen molar-refractivity contribution in [2.75, 3.05) is 20.3 Å². The van der Waals surface area contributed by atoms with Crippen LogP contribution in [0.4, 0.5) is 4.79 Å². The minimum Gasteiger partial charge on any atom is -0.490 e. The molecule has 0 aliphatic carbocycles. The van der Waals surface area contributed by atoms with Gasteiger partial charge >= 0.3 is 11.9 Å². The molecule has 30 heavy (non-hydrogen) atoms. The number of hydrogen-bond donors (Lipinski definition) is 0. The summed E-state index contributed by atoms with van der Waals surface area (Å²) in [5.74, 6) is -1.20. The normalized spacial score (nSPS) is 14.9. The van der Waals surface area contributed by atoms with Crippen LogP contribution in [0.5, 0.6) is 11.5 Å². The van der Waals surface area contributed by atoms with Gasteiger partial charge in [0, 0.05) is 0 Å². The molecule has 1 aromatic heterocycles. The van der Waals surface area contributed by atoms with Gasteiger partial charge in [0.15, 0.2) is 11.5 Å². The van der Waals surface area contributed by atoms with Gasteiger partial charge < -0.3 is 14.2 Å². The van der Waals surface area contributed by atoms with E-state index >= 15 is 0 Å². The van der Waals surface area contributed by atoms with Crippen LogP contribution < -0.4 is 9.47 Å². The van der Waals surface area contributed by atoms with E-state index in [0.29, 0.717) is 22.8 Å². The number of nitrogens with zero attached hydrogens (tertiary/aromatic N) is 1. The van der Waals surface area contributed by atoms with Crippen molar-refractivity contribution in [3.8, 4) is 11.5 Å². The Bertz CT molecular complexity index is 1010. The smallest absolute Gasteiger partial charge is 0.353 e. The van der Waals surface area contributed by atoms with E-state index in [9.17, 15) is 19.2 Å². The van der Waals surface area contributed by atoms with E-state index in [-0.39, 0.29) is 10.7 Å². The van der Waals surface area contributed by atoms with Crippen LogP contribution in [0.25, 0.3) is 6.08 Å². The molecule has 1 aromatic carbocycles. The number of esters is 2. The monoisotopic (exact) mass is 447 g/mol. The Morgan fingerprint density at radius 1 is 1.17 bits per heavy atom. The summed E-state index contributed by atoms with van der Waals surface area (Å²) in [6.45, 7) is 1.68. The molecule has 2 amide bonds. The summed E-state index contributed by atoms with van der Waals surface area (Å²) in [6, 6.07) is 8.21. The van der Waals surface area contributed by atoms with Crippen molar-refractivity contribution in [3.63, 3.8) is 0 Å². The molecule has 0 unspecified atom stereocenters. The van der Waals surface area contributed by atoms with Gasteiger partial charge in [0.1, 0.15) is 11.4 Å². The molecule has 8 nitrogen and oxygen atoms in total. The first-order valence-electron chi connectivity index (χ1n) is 8.77. The summed E-state index contributed by atoms with van der Waals surface area (Å²) in [7, 11) is 1.18. The molecule has 0 N–H and O–H groups in total. The third-order valence-corrected chi connectivity index (χ3v) is 5.64. The topological polar surface area (TPSA) is 99.2 Å². The minimum absolute atomic E-state index is 0.162. The molecule has 0 atom stereocenters. The van der Waals surface area contributed by atoms with Gasteiger partial charge in [-0.3, -0.25) is 19.3 Å². The Balaban J connectivity index is 1.82. The fourth-order valence-electron chi connectivity index (χ4n) is 2.49. The predicted octanol–water partition coefficient (Wildman–Crippen LogP) is 3.58. The van der Waals surface area contributed by atoms with Gasteiger partial charge in [-0.05, 0) is 53.9 Å². The number of carbonyl (C=O) groups excluding carboxylic acids is 4. The van der Waals surface area contributed by atoms with Crippen molar-refractivity contribution in [2.45, 2.75) is 6.92 Å². The summed E-state index contributed by atoms with van der Waals surface area (Å²) in [5.41, 5.74) is 0.568. The second-order valence-corrected chi connectivity index (χ2v) is 7.79. The lowest BCUT2D eigenvalue weighted by molar-refractivity contribution is -0.143. The molecule has 1 fully saturated rings. The molecule has 2 aromatic rings. The SMILES string of the molecule is CCOc1cc(/C=C2\SC(=O)N(CC(=O)OC)C2=O)ccc1OC(=O)c1cccs1. The van der Waals surface area contributed by atoms with Gasteiger partial charge in [-0.2, -0.15) is 0 Å². The van der Waals surface area contributed by atoms with Crippen LogP contribution in [0, 0.1) is 0 Å². The lowest BCUT2D eigenvalue weighted by Crippen LogP contribution is -2.34. The first kappa shape index (κ1) is 21.6. The van der Waals surface area contributed by atoms with Crippen LogP contribution in [0.2, 0.25) is 0 Å². The van der Waals surface area contributed by atoms with Crippen molar-refractivity contribution in [2.24, 2.45) is 0 Å². The summed E-state index contributed by atoms with van der Waals surface area (Å²) < 4.78 is 15.5. The van der Waals surface area contributed by atoms with Crippen LogP contribution in [0.15, 0.2) is 40.6 Å². The summed E-state index contributed by atoms with van der Waals surface area (Å²) in [5, 5.41) is 1.22. The molecule has 156 valence electrons. The summed E-state index contributed by atoms with van der Waals surface area (Å²) in [6.07, 6.45) is 1.51. The summed E-state index contributed by atoms with van der Waals surface area (Å²) >= 11 is 1.99. The van der Waals surface area contributed by atoms with E-state index < -0.39 is 29.6 Å². The molecule has 2 heterocycles. The standard InChI is InChI=1S/C20H17NO7S2/c1-3-27-14-9-12(6-7-13(14)28-19(24)15-5-4-8-29-15)10-16-18(23)21(20(25)30-16)11-17(22)26-2/h4-10H,3,11H2,1-2H3/b16-10-. The summed E-state index contributed by atoms with van der Waals surface area (Å²) in [4.78, 5) is 49.5.